The van der Waals surface area contributed by atoms with E-state index < -0.39 is 11.9 Å². The Kier molecular flexibility index (Phi) is 26.5. The van der Waals surface area contributed by atoms with Crippen LogP contribution in [-0.4, -0.2) is 69.7 Å². The molecule has 12 nitrogen and oxygen atoms in total. The second kappa shape index (κ2) is 26.8. The van der Waals surface area contributed by atoms with Crippen LogP contribution < -0.4 is 10.2 Å². The van der Waals surface area contributed by atoms with Crippen molar-refractivity contribution >= 4 is 23.8 Å². The number of nitrogens with zero attached hydrogens (tertiary/aromatic N) is 4. The molecule has 2 amide bonds. The molecule has 0 saturated heterocycles. The van der Waals surface area contributed by atoms with Gasteiger partial charge in [0.05, 0.1) is 23.1 Å². The van der Waals surface area contributed by atoms with E-state index in [4.69, 9.17) is 0 Å². The molecule has 2 aromatic heterocycles. The molecule has 4 rings (SSSR count). The van der Waals surface area contributed by atoms with Crippen LogP contribution in [0.4, 0.5) is 0 Å². The van der Waals surface area contributed by atoms with Crippen LogP contribution in [0, 0.1) is 41.5 Å². The fourth-order valence-electron chi connectivity index (χ4n) is 5.37. The zero-order chi connectivity index (χ0) is 38.0. The summed E-state index contributed by atoms with van der Waals surface area (Å²) in [5.41, 5.74) is 7.20. The summed E-state index contributed by atoms with van der Waals surface area (Å²) in [5, 5.41) is 21.3. The molecule has 0 unspecified atom stereocenters. The topological polar surface area (TPSA) is 213 Å². The molecule has 0 aliphatic rings. The second-order valence-corrected chi connectivity index (χ2v) is 11.6. The monoisotopic (exact) mass is 775 g/mol. The molecule has 0 fully saturated rings. The Hall–Kier alpha value is -4.94. The Morgan fingerprint density at radius 3 is 1.00 bits per heavy atom. The molecule has 6 N–H and O–H groups in total. The standard InChI is InChI=1S/2C10H14N2O.2C10H12O2.Mn.2H2O/c2*1-3-12(4-2)10(13)9-6-5-7-11-8-9;2*1-6-4-7(2)9(10(11)12)8(3)5-6;;;/h2*5-8H,3-4H2,1-2H3;2*4-5H,1-3H3,(H,11,12);;2*1H2/q;;;;+2;;. The quantitative estimate of drug-likeness (QED) is 0.191. The number of benzene rings is 2. The molecule has 0 bridgehead atoms. The smallest absolute Gasteiger partial charge is 0.545 e. The molecule has 13 heteroatoms. The summed E-state index contributed by atoms with van der Waals surface area (Å²) in [4.78, 5) is 56.0. The van der Waals surface area contributed by atoms with Gasteiger partial charge in [0.25, 0.3) is 11.8 Å². The number of aromatic nitrogens is 2. The third kappa shape index (κ3) is 17.0. The maximum absolute atomic E-state index is 11.7. The van der Waals surface area contributed by atoms with E-state index in [0.717, 1.165) is 59.6 Å². The average molecular weight is 776 g/mol. The van der Waals surface area contributed by atoms with Crippen LogP contribution in [0.25, 0.3) is 0 Å². The summed E-state index contributed by atoms with van der Waals surface area (Å²) in [6.07, 6.45) is 6.53. The fourth-order valence-corrected chi connectivity index (χ4v) is 5.37. The minimum Gasteiger partial charge on any atom is -0.545 e. The minimum absolute atomic E-state index is 0. The van der Waals surface area contributed by atoms with Gasteiger partial charge in [-0.05, 0) is 116 Å². The fraction of sp³-hybridized carbons (Fsp3) is 0.350. The molecule has 53 heavy (non-hydrogen) atoms. The first-order chi connectivity index (χ1) is 23.6. The summed E-state index contributed by atoms with van der Waals surface area (Å²) in [7, 11) is 0. The molecular formula is C40H56MnN4O8+2. The Labute approximate surface area is 324 Å². The molecule has 0 spiro atoms. The van der Waals surface area contributed by atoms with Gasteiger partial charge >= 0.3 is 17.1 Å². The molecule has 2 aromatic carbocycles. The zero-order valence-electron chi connectivity index (χ0n) is 32.5. The van der Waals surface area contributed by atoms with Crippen molar-refractivity contribution in [3.63, 3.8) is 0 Å². The van der Waals surface area contributed by atoms with E-state index >= 15 is 0 Å². The van der Waals surface area contributed by atoms with Crippen molar-refractivity contribution in [3.8, 4) is 0 Å². The van der Waals surface area contributed by atoms with Gasteiger partial charge in [-0.3, -0.25) is 19.6 Å². The van der Waals surface area contributed by atoms with Crippen LogP contribution >= 0.6 is 0 Å². The molecule has 1 radical (unpaired) electrons. The molecule has 4 aromatic rings. The van der Waals surface area contributed by atoms with E-state index in [-0.39, 0.29) is 39.8 Å². The molecule has 0 aliphatic carbocycles. The van der Waals surface area contributed by atoms with Crippen molar-refractivity contribution in [2.24, 2.45) is 0 Å². The van der Waals surface area contributed by atoms with Crippen molar-refractivity contribution in [2.45, 2.75) is 69.2 Å². The van der Waals surface area contributed by atoms with Gasteiger partial charge in [-0.25, -0.2) is 0 Å². The molecular weight excluding hydrogens is 719 g/mol. The van der Waals surface area contributed by atoms with E-state index in [1.165, 1.54) is 0 Å². The van der Waals surface area contributed by atoms with Crippen LogP contribution in [0.15, 0.2) is 73.3 Å². The first-order valence-electron chi connectivity index (χ1n) is 16.6. The first kappa shape index (κ1) is 52.4. The molecule has 2 heterocycles. The van der Waals surface area contributed by atoms with E-state index in [1.54, 1.807) is 86.5 Å². The Bertz CT molecular complexity index is 1540. The van der Waals surface area contributed by atoms with Crippen molar-refractivity contribution in [2.75, 3.05) is 26.2 Å². The van der Waals surface area contributed by atoms with Crippen LogP contribution in [0.5, 0.6) is 0 Å². The van der Waals surface area contributed by atoms with E-state index in [2.05, 4.69) is 9.97 Å². The van der Waals surface area contributed by atoms with E-state index in [9.17, 15) is 29.4 Å². The van der Waals surface area contributed by atoms with Crippen LogP contribution in [0.3, 0.4) is 0 Å². The summed E-state index contributed by atoms with van der Waals surface area (Å²) in [6.45, 7) is 21.9. The maximum Gasteiger partial charge on any atom is 2.00 e. The van der Waals surface area contributed by atoms with Gasteiger partial charge in [-0.1, -0.05) is 35.4 Å². The maximum atomic E-state index is 11.7. The third-order valence-electron chi connectivity index (χ3n) is 7.68. The number of carboxylic acids is 2. The zero-order valence-corrected chi connectivity index (χ0v) is 33.7. The summed E-state index contributed by atoms with van der Waals surface area (Å²) in [5.74, 6) is -2.08. The largest absolute Gasteiger partial charge is 2.00 e. The number of carbonyl (C=O) groups is 4. The first-order valence-corrected chi connectivity index (χ1v) is 16.6. The minimum atomic E-state index is -1.09. The SMILES string of the molecule is CCN(CC)C(=O)c1cccnc1.CCN(CC)C(=O)c1cccnc1.Cc1cc(C)c(C(=O)[O-])c(C)c1.Cc1cc(C)c(C(=O)[O-])c(C)c1.[Mn+2].[OH3+].[OH3+]. The number of hydrogen-bond acceptors (Lipinski definition) is 8. The van der Waals surface area contributed by atoms with Gasteiger partial charge < -0.3 is 40.6 Å². The number of pyridine rings is 2. The number of aromatic carboxylic acids is 2. The van der Waals surface area contributed by atoms with Crippen molar-refractivity contribution in [3.05, 3.63) is 129 Å². The van der Waals surface area contributed by atoms with Gasteiger partial charge in [0, 0.05) is 62.1 Å². The summed E-state index contributed by atoms with van der Waals surface area (Å²) < 4.78 is 0. The number of carbonyl (C=O) groups excluding carboxylic acids is 4. The predicted octanol–water partition coefficient (Wildman–Crippen LogP) is 3.23. The van der Waals surface area contributed by atoms with Crippen LogP contribution in [0.2, 0.25) is 0 Å². The molecule has 0 atom stereocenters. The normalized spacial score (nSPS) is 9.25. The van der Waals surface area contributed by atoms with Gasteiger partial charge in [0.15, 0.2) is 0 Å². The van der Waals surface area contributed by atoms with E-state index in [0.29, 0.717) is 22.3 Å². The van der Waals surface area contributed by atoms with Gasteiger partial charge in [0.1, 0.15) is 0 Å². The van der Waals surface area contributed by atoms with Gasteiger partial charge in [0.2, 0.25) is 0 Å². The molecule has 0 aliphatic heterocycles. The Morgan fingerprint density at radius 1 is 0.547 bits per heavy atom. The Morgan fingerprint density at radius 2 is 0.811 bits per heavy atom. The predicted molar refractivity (Wildman–Crippen MR) is 203 cm³/mol. The summed E-state index contributed by atoms with van der Waals surface area (Å²) >= 11 is 0. The number of rotatable bonds is 8. The summed E-state index contributed by atoms with van der Waals surface area (Å²) in [6, 6.07) is 14.5. The number of aryl methyl sites for hydroxylation is 6. The second-order valence-electron chi connectivity index (χ2n) is 11.6. The Balaban J connectivity index is -0.000000618. The molecule has 289 valence electrons. The van der Waals surface area contributed by atoms with Crippen LogP contribution in [-0.2, 0) is 28.0 Å². The van der Waals surface area contributed by atoms with Gasteiger partial charge in [-0.2, -0.15) is 0 Å². The van der Waals surface area contributed by atoms with Gasteiger partial charge in [-0.15, -0.1) is 0 Å². The third-order valence-corrected chi connectivity index (χ3v) is 7.68. The number of hydrogen-bond donors (Lipinski definition) is 0. The van der Waals surface area contributed by atoms with Crippen LogP contribution in [0.1, 0.15) is 103 Å². The average Bonchev–Trinajstić information content (AvgIpc) is 3.06. The number of carboxylic acid groups (broad SMARTS) is 2. The number of amides is 2. The van der Waals surface area contributed by atoms with E-state index in [1.807, 2.05) is 65.8 Å². The van der Waals surface area contributed by atoms with Crippen molar-refractivity contribution < 1.29 is 57.4 Å². The molecule has 0 saturated carbocycles. The van der Waals surface area contributed by atoms with Crippen molar-refractivity contribution in [1.82, 2.24) is 19.8 Å². The van der Waals surface area contributed by atoms with Crippen molar-refractivity contribution in [1.29, 1.82) is 0 Å².